The van der Waals surface area contributed by atoms with Gasteiger partial charge in [-0.2, -0.15) is 16.3 Å². The molecule has 1 aromatic carbocycles. The maximum atomic E-state index is 12.5. The lowest BCUT2D eigenvalue weighted by Crippen LogP contribution is -2.45. The van der Waals surface area contributed by atoms with Crippen molar-refractivity contribution in [3.05, 3.63) is 58.6 Å². The first-order chi connectivity index (χ1) is 15.2. The summed E-state index contributed by atoms with van der Waals surface area (Å²) < 4.78 is 10.5. The molecule has 3 heterocycles. The molecule has 3 aromatic rings. The molecule has 0 bridgehead atoms. The third-order valence-corrected chi connectivity index (χ3v) is 5.86. The number of hydrogen-bond donors (Lipinski definition) is 1. The predicted molar refractivity (Wildman–Crippen MR) is 115 cm³/mol. The summed E-state index contributed by atoms with van der Waals surface area (Å²) >= 11 is 1.59. The minimum atomic E-state index is -0.599. The summed E-state index contributed by atoms with van der Waals surface area (Å²) in [5.41, 5.74) is 1.84. The van der Waals surface area contributed by atoms with E-state index >= 15 is 0 Å². The van der Waals surface area contributed by atoms with Crippen molar-refractivity contribution < 1.29 is 18.8 Å². The van der Waals surface area contributed by atoms with E-state index in [9.17, 15) is 9.59 Å². The molecule has 1 atom stereocenters. The molecule has 1 aliphatic heterocycles. The number of nitrogens with one attached hydrogen (secondary N) is 1. The number of likely N-dealkylation sites (tertiary alicyclic amines) is 1. The predicted octanol–water partition coefficient (Wildman–Crippen LogP) is 3.51. The van der Waals surface area contributed by atoms with Crippen molar-refractivity contribution in [2.45, 2.75) is 25.9 Å². The van der Waals surface area contributed by atoms with Gasteiger partial charge in [-0.3, -0.25) is 4.79 Å². The Morgan fingerprint density at radius 1 is 1.26 bits per heavy atom. The fourth-order valence-electron chi connectivity index (χ4n) is 3.59. The molecule has 4 rings (SSSR count). The molecule has 0 aliphatic carbocycles. The van der Waals surface area contributed by atoms with Gasteiger partial charge in [0, 0.05) is 30.5 Å². The molecule has 31 heavy (non-hydrogen) atoms. The normalized spacial score (nSPS) is 16.1. The zero-order valence-corrected chi connectivity index (χ0v) is 17.8. The number of amides is 2. The van der Waals surface area contributed by atoms with Crippen molar-refractivity contribution in [2.75, 3.05) is 19.6 Å². The van der Waals surface area contributed by atoms with Crippen LogP contribution in [0.4, 0.5) is 4.79 Å². The smallest absolute Gasteiger partial charge is 0.407 e. The van der Waals surface area contributed by atoms with E-state index in [2.05, 4.69) is 15.5 Å². The Balaban J connectivity index is 1.21. The Labute approximate surface area is 184 Å². The molecule has 2 amide bonds. The number of hydrogen-bond acceptors (Lipinski definition) is 7. The first-order valence-corrected chi connectivity index (χ1v) is 11.2. The standard InChI is InChI=1S/C22H24N4O4S/c27-20(12-23-22(28)29-14-16-5-2-1-3-6-16)26-9-4-7-17(13-26)11-19-24-21(25-30-19)18-8-10-31-15-18/h1-3,5-6,8,10,15,17H,4,7,9,11-14H2,(H,23,28)/t17-/m0/s1. The number of carbonyl (C=O) groups excluding carboxylic acids is 2. The van der Waals surface area contributed by atoms with Crippen LogP contribution in [0.2, 0.25) is 0 Å². The summed E-state index contributed by atoms with van der Waals surface area (Å²) in [6.07, 6.45) is 1.93. The lowest BCUT2D eigenvalue weighted by Gasteiger charge is -2.32. The molecule has 1 N–H and O–H groups in total. The monoisotopic (exact) mass is 440 g/mol. The number of benzene rings is 1. The molecular formula is C22H24N4O4S. The van der Waals surface area contributed by atoms with E-state index in [1.807, 2.05) is 47.2 Å². The van der Waals surface area contributed by atoms with E-state index in [1.165, 1.54) is 0 Å². The Kier molecular flexibility index (Phi) is 6.93. The molecule has 162 valence electrons. The van der Waals surface area contributed by atoms with Crippen LogP contribution in [0, 0.1) is 5.92 Å². The van der Waals surface area contributed by atoms with Crippen molar-refractivity contribution in [3.63, 3.8) is 0 Å². The van der Waals surface area contributed by atoms with E-state index in [0.717, 1.165) is 24.0 Å². The summed E-state index contributed by atoms with van der Waals surface area (Å²) in [7, 11) is 0. The molecule has 9 heteroatoms. The Morgan fingerprint density at radius 2 is 2.13 bits per heavy atom. The van der Waals surface area contributed by atoms with Crippen molar-refractivity contribution in [2.24, 2.45) is 5.92 Å². The second-order valence-corrected chi connectivity index (χ2v) is 8.27. The van der Waals surface area contributed by atoms with E-state index in [4.69, 9.17) is 9.26 Å². The second-order valence-electron chi connectivity index (χ2n) is 7.49. The number of piperidine rings is 1. The fourth-order valence-corrected chi connectivity index (χ4v) is 4.22. The van der Waals surface area contributed by atoms with E-state index in [0.29, 0.717) is 31.2 Å². The van der Waals surface area contributed by atoms with Gasteiger partial charge in [-0.15, -0.1) is 0 Å². The van der Waals surface area contributed by atoms with Gasteiger partial charge in [-0.1, -0.05) is 35.5 Å². The van der Waals surface area contributed by atoms with Gasteiger partial charge in [0.05, 0.1) is 0 Å². The average Bonchev–Trinajstić information content (AvgIpc) is 3.49. The van der Waals surface area contributed by atoms with Gasteiger partial charge in [-0.05, 0) is 35.8 Å². The highest BCUT2D eigenvalue weighted by Gasteiger charge is 2.26. The molecule has 1 saturated heterocycles. The van der Waals surface area contributed by atoms with Crippen molar-refractivity contribution >= 4 is 23.3 Å². The van der Waals surface area contributed by atoms with Crippen LogP contribution in [-0.4, -0.2) is 46.7 Å². The van der Waals surface area contributed by atoms with Gasteiger partial charge in [0.2, 0.25) is 17.6 Å². The highest BCUT2D eigenvalue weighted by Crippen LogP contribution is 2.23. The van der Waals surface area contributed by atoms with Crippen molar-refractivity contribution in [1.29, 1.82) is 0 Å². The molecule has 0 saturated carbocycles. The molecule has 0 unspecified atom stereocenters. The number of alkyl carbamates (subject to hydrolysis) is 1. The van der Waals surface area contributed by atoms with Crippen LogP contribution in [0.5, 0.6) is 0 Å². The summed E-state index contributed by atoms with van der Waals surface area (Å²) in [4.78, 5) is 30.7. The molecule has 0 spiro atoms. The van der Waals surface area contributed by atoms with Crippen LogP contribution in [0.25, 0.3) is 11.4 Å². The molecule has 0 radical (unpaired) electrons. The van der Waals surface area contributed by atoms with Gasteiger partial charge in [0.25, 0.3) is 0 Å². The van der Waals surface area contributed by atoms with Gasteiger partial charge >= 0.3 is 6.09 Å². The number of nitrogens with zero attached hydrogens (tertiary/aromatic N) is 3. The first-order valence-electron chi connectivity index (χ1n) is 10.2. The molecule has 1 fully saturated rings. The second kappa shape index (κ2) is 10.2. The summed E-state index contributed by atoms with van der Waals surface area (Å²) in [5.74, 6) is 1.31. The number of thiophene rings is 1. The van der Waals surface area contributed by atoms with Crippen molar-refractivity contribution in [3.8, 4) is 11.4 Å². The summed E-state index contributed by atoms with van der Waals surface area (Å²) in [6.45, 7) is 1.38. The van der Waals surface area contributed by atoms with Crippen molar-refractivity contribution in [1.82, 2.24) is 20.4 Å². The average molecular weight is 441 g/mol. The van der Waals surface area contributed by atoms with E-state index in [-0.39, 0.29) is 25.0 Å². The fraction of sp³-hybridized carbons (Fsp3) is 0.364. The lowest BCUT2D eigenvalue weighted by atomic mass is 9.94. The van der Waals surface area contributed by atoms with E-state index in [1.54, 1.807) is 16.2 Å². The van der Waals surface area contributed by atoms with Crippen LogP contribution < -0.4 is 5.32 Å². The Morgan fingerprint density at radius 3 is 2.94 bits per heavy atom. The number of carbonyl (C=O) groups is 2. The van der Waals surface area contributed by atoms with Gasteiger partial charge in [0.1, 0.15) is 13.2 Å². The lowest BCUT2D eigenvalue weighted by molar-refractivity contribution is -0.132. The topological polar surface area (TPSA) is 97.6 Å². The number of rotatable bonds is 7. The molecule has 1 aliphatic rings. The maximum Gasteiger partial charge on any atom is 0.407 e. The van der Waals surface area contributed by atoms with Crippen LogP contribution in [-0.2, 0) is 22.6 Å². The van der Waals surface area contributed by atoms with Crippen LogP contribution in [0.3, 0.4) is 0 Å². The molecular weight excluding hydrogens is 416 g/mol. The molecule has 8 nitrogen and oxygen atoms in total. The number of ether oxygens (including phenoxy) is 1. The zero-order valence-electron chi connectivity index (χ0n) is 17.0. The van der Waals surface area contributed by atoms with Gasteiger partial charge < -0.3 is 19.5 Å². The van der Waals surface area contributed by atoms with Crippen LogP contribution >= 0.6 is 11.3 Å². The SMILES string of the molecule is O=C(NCC(=O)N1CCC[C@@H](Cc2nc(-c3ccsc3)no2)C1)OCc1ccccc1. The zero-order chi connectivity index (χ0) is 21.5. The third-order valence-electron chi connectivity index (χ3n) is 5.18. The van der Waals surface area contributed by atoms with Crippen LogP contribution in [0.15, 0.2) is 51.7 Å². The molecule has 2 aromatic heterocycles. The van der Waals surface area contributed by atoms with Gasteiger partial charge in [0.15, 0.2) is 0 Å². The quantitative estimate of drug-likeness (QED) is 0.604. The number of aromatic nitrogens is 2. The maximum absolute atomic E-state index is 12.5. The Hall–Kier alpha value is -3.20. The third kappa shape index (κ3) is 5.91. The van der Waals surface area contributed by atoms with E-state index < -0.39 is 6.09 Å². The summed E-state index contributed by atoms with van der Waals surface area (Å²) in [5, 5.41) is 10.5. The summed E-state index contributed by atoms with van der Waals surface area (Å²) in [6, 6.07) is 11.4. The largest absolute Gasteiger partial charge is 0.445 e. The Bertz CT molecular complexity index is 990. The minimum absolute atomic E-state index is 0.0802. The first kappa shape index (κ1) is 21.0. The minimum Gasteiger partial charge on any atom is -0.445 e. The highest BCUT2D eigenvalue weighted by atomic mass is 32.1. The van der Waals surface area contributed by atoms with Crippen LogP contribution in [0.1, 0.15) is 24.3 Å². The highest BCUT2D eigenvalue weighted by molar-refractivity contribution is 7.08. The van der Waals surface area contributed by atoms with Gasteiger partial charge in [-0.25, -0.2) is 4.79 Å².